The fraction of sp³-hybridized carbons (Fsp3) is 0.273. The van der Waals surface area contributed by atoms with Gasteiger partial charge in [-0.15, -0.1) is 0 Å². The summed E-state index contributed by atoms with van der Waals surface area (Å²) >= 11 is 3.18. The number of carbonyl (C=O) groups is 1. The molecule has 1 aliphatic rings. The van der Waals surface area contributed by atoms with Crippen molar-refractivity contribution in [2.24, 2.45) is 5.92 Å². The maximum atomic E-state index is 13.5. The lowest BCUT2D eigenvalue weighted by Gasteiger charge is -2.15. The van der Waals surface area contributed by atoms with Crippen LogP contribution in [0.25, 0.3) is 0 Å². The third-order valence-corrected chi connectivity index (χ3v) is 3.10. The number of nitriles is 1. The summed E-state index contributed by atoms with van der Waals surface area (Å²) in [5.74, 6) is -1.55. The molecule has 0 saturated carbocycles. The lowest BCUT2D eigenvalue weighted by atomic mass is 10.1. The molecule has 1 heterocycles. The van der Waals surface area contributed by atoms with E-state index in [9.17, 15) is 9.18 Å². The summed E-state index contributed by atoms with van der Waals surface area (Å²) in [6.45, 7) is 0.433. The molecule has 18 heavy (non-hydrogen) atoms. The van der Waals surface area contributed by atoms with Crippen molar-refractivity contribution in [1.82, 2.24) is 16.2 Å². The Morgan fingerprint density at radius 3 is 3.11 bits per heavy atom. The maximum absolute atomic E-state index is 13.5. The molecule has 1 saturated heterocycles. The Kier molecular flexibility index (Phi) is 3.91. The van der Waals surface area contributed by atoms with E-state index in [1.165, 1.54) is 18.2 Å². The van der Waals surface area contributed by atoms with Crippen molar-refractivity contribution in [3.05, 3.63) is 34.1 Å². The van der Waals surface area contributed by atoms with Crippen molar-refractivity contribution in [3.8, 4) is 6.07 Å². The number of halogens is 2. The van der Waals surface area contributed by atoms with E-state index in [4.69, 9.17) is 5.26 Å². The number of hydrazine groups is 1. The van der Waals surface area contributed by atoms with Gasteiger partial charge in [-0.2, -0.15) is 5.26 Å². The number of benzene rings is 1. The van der Waals surface area contributed by atoms with Gasteiger partial charge >= 0.3 is 0 Å². The first-order valence-corrected chi connectivity index (χ1v) is 6.05. The van der Waals surface area contributed by atoms with Crippen LogP contribution in [0.1, 0.15) is 10.4 Å². The second-order valence-electron chi connectivity index (χ2n) is 3.84. The average molecular weight is 313 g/mol. The van der Waals surface area contributed by atoms with Crippen LogP contribution in [0.3, 0.4) is 0 Å². The molecule has 2 atom stereocenters. The summed E-state index contributed by atoms with van der Waals surface area (Å²) in [7, 11) is 0. The van der Waals surface area contributed by atoms with Gasteiger partial charge in [-0.25, -0.2) is 9.82 Å². The van der Waals surface area contributed by atoms with Crippen LogP contribution in [0, 0.1) is 23.1 Å². The highest BCUT2D eigenvalue weighted by Crippen LogP contribution is 2.16. The molecule has 2 rings (SSSR count). The minimum absolute atomic E-state index is 0.0604. The molecular formula is C11H10BrFN4O. The number of nitrogens with zero attached hydrogens (tertiary/aromatic N) is 1. The minimum Gasteiger partial charge on any atom is -0.334 e. The molecule has 1 aromatic rings. The Hall–Kier alpha value is -1.49. The van der Waals surface area contributed by atoms with Crippen molar-refractivity contribution >= 4 is 21.8 Å². The van der Waals surface area contributed by atoms with Crippen molar-refractivity contribution in [1.29, 1.82) is 5.26 Å². The Morgan fingerprint density at radius 1 is 1.61 bits per heavy atom. The SMILES string of the molecule is N#CC1CNNC1NC(=O)c1cc(Br)ccc1F. The average Bonchev–Trinajstić information content (AvgIpc) is 2.79. The van der Waals surface area contributed by atoms with Crippen LogP contribution in [0.5, 0.6) is 0 Å². The van der Waals surface area contributed by atoms with Gasteiger partial charge in [0.15, 0.2) is 0 Å². The molecular weight excluding hydrogens is 303 g/mol. The van der Waals surface area contributed by atoms with Crippen molar-refractivity contribution in [2.75, 3.05) is 6.54 Å². The fourth-order valence-corrected chi connectivity index (χ4v) is 2.01. The maximum Gasteiger partial charge on any atom is 0.255 e. The molecule has 94 valence electrons. The highest BCUT2D eigenvalue weighted by atomic mass is 79.9. The normalized spacial score (nSPS) is 22.5. The summed E-state index contributed by atoms with van der Waals surface area (Å²) in [5, 5.41) is 11.4. The van der Waals surface area contributed by atoms with E-state index >= 15 is 0 Å². The number of hydrogen-bond donors (Lipinski definition) is 3. The molecule has 5 nitrogen and oxygen atoms in total. The van der Waals surface area contributed by atoms with Gasteiger partial charge in [-0.1, -0.05) is 15.9 Å². The molecule has 0 aliphatic carbocycles. The van der Waals surface area contributed by atoms with Gasteiger partial charge in [0.05, 0.1) is 17.6 Å². The van der Waals surface area contributed by atoms with Gasteiger partial charge in [0.2, 0.25) is 0 Å². The number of amides is 1. The van der Waals surface area contributed by atoms with E-state index in [1.807, 2.05) is 0 Å². The first-order chi connectivity index (χ1) is 8.61. The second-order valence-corrected chi connectivity index (χ2v) is 4.75. The highest BCUT2D eigenvalue weighted by molar-refractivity contribution is 9.10. The predicted molar refractivity (Wildman–Crippen MR) is 65.6 cm³/mol. The molecule has 2 unspecified atom stereocenters. The Bertz CT molecular complexity index is 516. The smallest absolute Gasteiger partial charge is 0.255 e. The monoisotopic (exact) mass is 312 g/mol. The predicted octanol–water partition coefficient (Wildman–Crippen LogP) is 0.892. The van der Waals surface area contributed by atoms with E-state index in [2.05, 4.69) is 38.2 Å². The molecule has 3 N–H and O–H groups in total. The lowest BCUT2D eigenvalue weighted by Crippen LogP contribution is -2.46. The van der Waals surface area contributed by atoms with Gasteiger partial charge in [-0.3, -0.25) is 10.2 Å². The van der Waals surface area contributed by atoms with Crippen LogP contribution in [0.15, 0.2) is 22.7 Å². The summed E-state index contributed by atoms with van der Waals surface area (Å²) < 4.78 is 14.1. The van der Waals surface area contributed by atoms with E-state index in [1.54, 1.807) is 0 Å². The van der Waals surface area contributed by atoms with Crippen LogP contribution < -0.4 is 16.2 Å². The molecule has 0 aromatic heterocycles. The van der Waals surface area contributed by atoms with E-state index < -0.39 is 17.9 Å². The standard InChI is InChI=1S/C11H10BrFN4O/c12-7-1-2-9(13)8(3-7)11(18)16-10-6(4-14)5-15-17-10/h1-3,6,10,15,17H,5H2,(H,16,18). The minimum atomic E-state index is -0.602. The Morgan fingerprint density at radius 2 is 2.39 bits per heavy atom. The van der Waals surface area contributed by atoms with Gasteiger partial charge in [0, 0.05) is 11.0 Å². The molecule has 1 aromatic carbocycles. The van der Waals surface area contributed by atoms with Crippen molar-refractivity contribution in [2.45, 2.75) is 6.17 Å². The van der Waals surface area contributed by atoms with Gasteiger partial charge < -0.3 is 5.32 Å². The fourth-order valence-electron chi connectivity index (χ4n) is 1.64. The number of carbonyl (C=O) groups excluding carboxylic acids is 1. The van der Waals surface area contributed by atoms with E-state index in [0.717, 1.165) is 0 Å². The Labute approximate surface area is 111 Å². The van der Waals surface area contributed by atoms with E-state index in [-0.39, 0.29) is 11.5 Å². The largest absolute Gasteiger partial charge is 0.334 e. The zero-order valence-electron chi connectivity index (χ0n) is 9.21. The molecule has 1 amide bonds. The summed E-state index contributed by atoms with van der Waals surface area (Å²) in [6.07, 6.45) is -0.527. The molecule has 0 radical (unpaired) electrons. The molecule has 1 fully saturated rings. The quantitative estimate of drug-likeness (QED) is 0.758. The third kappa shape index (κ3) is 2.67. The number of hydrogen-bond acceptors (Lipinski definition) is 4. The zero-order valence-corrected chi connectivity index (χ0v) is 10.8. The summed E-state index contributed by atoms with van der Waals surface area (Å²) in [4.78, 5) is 11.9. The number of nitrogens with one attached hydrogen (secondary N) is 3. The third-order valence-electron chi connectivity index (χ3n) is 2.61. The molecule has 0 bridgehead atoms. The van der Waals surface area contributed by atoms with Crippen LogP contribution in [0.2, 0.25) is 0 Å². The summed E-state index contributed by atoms with van der Waals surface area (Å²) in [6, 6.07) is 6.17. The van der Waals surface area contributed by atoms with Crippen molar-refractivity contribution < 1.29 is 9.18 Å². The zero-order chi connectivity index (χ0) is 13.1. The first kappa shape index (κ1) is 13.0. The molecule has 7 heteroatoms. The van der Waals surface area contributed by atoms with Crippen LogP contribution >= 0.6 is 15.9 Å². The molecule has 1 aliphatic heterocycles. The lowest BCUT2D eigenvalue weighted by molar-refractivity contribution is 0.0923. The van der Waals surface area contributed by atoms with Crippen LogP contribution in [0.4, 0.5) is 4.39 Å². The van der Waals surface area contributed by atoms with Crippen LogP contribution in [-0.4, -0.2) is 18.6 Å². The van der Waals surface area contributed by atoms with Crippen LogP contribution in [-0.2, 0) is 0 Å². The molecule has 0 spiro atoms. The first-order valence-electron chi connectivity index (χ1n) is 5.25. The van der Waals surface area contributed by atoms with Crippen molar-refractivity contribution in [3.63, 3.8) is 0 Å². The summed E-state index contributed by atoms with van der Waals surface area (Å²) in [5.41, 5.74) is 5.46. The van der Waals surface area contributed by atoms with Gasteiger partial charge in [0.25, 0.3) is 5.91 Å². The van der Waals surface area contributed by atoms with E-state index in [0.29, 0.717) is 11.0 Å². The Balaban J connectivity index is 2.13. The van der Waals surface area contributed by atoms with Gasteiger partial charge in [-0.05, 0) is 18.2 Å². The highest BCUT2D eigenvalue weighted by Gasteiger charge is 2.28. The topological polar surface area (TPSA) is 77.0 Å². The second kappa shape index (κ2) is 5.44. The van der Waals surface area contributed by atoms with Gasteiger partial charge in [0.1, 0.15) is 12.0 Å². The number of rotatable bonds is 2.